The van der Waals surface area contributed by atoms with Gasteiger partial charge in [0.25, 0.3) is 5.69 Å². The number of rotatable bonds is 7. The Morgan fingerprint density at radius 3 is 2.41 bits per heavy atom. The number of para-hydroxylation sites is 1. The second-order valence-electron chi connectivity index (χ2n) is 6.07. The van der Waals surface area contributed by atoms with Crippen molar-refractivity contribution in [1.82, 2.24) is 0 Å². The average molecular weight is 371 g/mol. The van der Waals surface area contributed by atoms with Crippen LogP contribution in [0.3, 0.4) is 0 Å². The fourth-order valence-electron chi connectivity index (χ4n) is 3.30. The van der Waals surface area contributed by atoms with Gasteiger partial charge in [-0.05, 0) is 18.6 Å². The first-order valence-electron chi connectivity index (χ1n) is 8.84. The molecule has 0 spiro atoms. The molecule has 0 aliphatic carbocycles. The van der Waals surface area contributed by atoms with Crippen molar-refractivity contribution in [3.05, 3.63) is 64.2 Å². The van der Waals surface area contributed by atoms with Crippen molar-refractivity contribution < 1.29 is 23.9 Å². The average Bonchev–Trinajstić information content (AvgIpc) is 3.17. The Balaban J connectivity index is 2.03. The number of ether oxygens (including phenoxy) is 3. The number of carbonyl (C=O) groups is 1. The summed E-state index contributed by atoms with van der Waals surface area (Å²) in [6, 6.07) is 13.8. The molecule has 0 atom stereocenters. The van der Waals surface area contributed by atoms with E-state index in [4.69, 9.17) is 14.2 Å². The van der Waals surface area contributed by atoms with E-state index in [0.717, 1.165) is 0 Å². The van der Waals surface area contributed by atoms with E-state index in [2.05, 4.69) is 0 Å². The molecule has 27 heavy (non-hydrogen) atoms. The summed E-state index contributed by atoms with van der Waals surface area (Å²) in [6.45, 7) is 2.82. The maximum atomic E-state index is 11.8. The highest BCUT2D eigenvalue weighted by atomic mass is 16.7. The van der Waals surface area contributed by atoms with E-state index < -0.39 is 10.7 Å². The minimum absolute atomic E-state index is 0.00323. The lowest BCUT2D eigenvalue weighted by molar-refractivity contribution is -0.384. The van der Waals surface area contributed by atoms with E-state index in [1.807, 2.05) is 18.2 Å². The predicted octanol–water partition coefficient (Wildman–Crippen LogP) is 3.80. The van der Waals surface area contributed by atoms with Crippen molar-refractivity contribution in [1.29, 1.82) is 0 Å². The lowest BCUT2D eigenvalue weighted by atomic mass is 9.90. The fourth-order valence-corrected chi connectivity index (χ4v) is 3.30. The third-order valence-electron chi connectivity index (χ3n) is 4.45. The molecule has 1 aliphatic rings. The van der Waals surface area contributed by atoms with E-state index in [-0.39, 0.29) is 24.5 Å². The molecule has 2 aromatic carbocycles. The number of nitro groups is 1. The van der Waals surface area contributed by atoms with Crippen LogP contribution < -0.4 is 0 Å². The van der Waals surface area contributed by atoms with E-state index in [9.17, 15) is 14.9 Å². The number of hydrogen-bond donors (Lipinski definition) is 0. The van der Waals surface area contributed by atoms with Crippen LogP contribution in [0.1, 0.15) is 25.3 Å². The summed E-state index contributed by atoms with van der Waals surface area (Å²) < 4.78 is 16.8. The van der Waals surface area contributed by atoms with Gasteiger partial charge in [0, 0.05) is 18.1 Å². The van der Waals surface area contributed by atoms with Crippen molar-refractivity contribution in [2.75, 3.05) is 19.8 Å². The number of esters is 1. The van der Waals surface area contributed by atoms with Crippen LogP contribution in [0.5, 0.6) is 0 Å². The zero-order valence-electron chi connectivity index (χ0n) is 15.1. The van der Waals surface area contributed by atoms with Crippen LogP contribution in [-0.4, -0.2) is 30.7 Å². The first-order valence-corrected chi connectivity index (χ1v) is 8.84. The molecule has 0 N–H and O–H groups in total. The van der Waals surface area contributed by atoms with Gasteiger partial charge in [0.2, 0.25) is 0 Å². The zero-order valence-corrected chi connectivity index (χ0v) is 15.1. The molecule has 0 amide bonds. The van der Waals surface area contributed by atoms with Crippen molar-refractivity contribution in [2.24, 2.45) is 0 Å². The molecule has 1 fully saturated rings. The molecule has 2 aromatic rings. The molecular weight excluding hydrogens is 350 g/mol. The smallest absolute Gasteiger partial charge is 0.305 e. The second kappa shape index (κ2) is 8.28. The molecule has 7 heteroatoms. The SMILES string of the molecule is CCOC(=O)CCC1(c2ccccc2-c2ccccc2[N+](=O)[O-])OCCO1. The first-order chi connectivity index (χ1) is 13.1. The fraction of sp³-hybridized carbons (Fsp3) is 0.350. The quantitative estimate of drug-likeness (QED) is 0.418. The Morgan fingerprint density at radius 1 is 1.11 bits per heavy atom. The van der Waals surface area contributed by atoms with Crippen LogP contribution in [0, 0.1) is 10.1 Å². The van der Waals surface area contributed by atoms with Crippen molar-refractivity contribution in [3.63, 3.8) is 0 Å². The highest BCUT2D eigenvalue weighted by Crippen LogP contribution is 2.43. The van der Waals surface area contributed by atoms with E-state index in [1.165, 1.54) is 6.07 Å². The number of nitrogens with zero attached hydrogens (tertiary/aromatic N) is 1. The lowest BCUT2D eigenvalue weighted by Gasteiger charge is -2.29. The Morgan fingerprint density at radius 2 is 1.74 bits per heavy atom. The Kier molecular flexibility index (Phi) is 5.83. The topological polar surface area (TPSA) is 87.9 Å². The summed E-state index contributed by atoms with van der Waals surface area (Å²) in [5.41, 5.74) is 1.80. The van der Waals surface area contributed by atoms with Gasteiger partial charge in [-0.1, -0.05) is 36.4 Å². The molecule has 0 bridgehead atoms. The zero-order chi connectivity index (χ0) is 19.3. The molecule has 1 saturated heterocycles. The molecule has 1 heterocycles. The third kappa shape index (κ3) is 3.99. The van der Waals surface area contributed by atoms with Gasteiger partial charge in [0.05, 0.1) is 36.7 Å². The minimum Gasteiger partial charge on any atom is -0.466 e. The van der Waals surface area contributed by atoms with Crippen molar-refractivity contribution in [2.45, 2.75) is 25.6 Å². The summed E-state index contributed by atoms with van der Waals surface area (Å²) >= 11 is 0. The van der Waals surface area contributed by atoms with Gasteiger partial charge in [0.1, 0.15) is 0 Å². The van der Waals surface area contributed by atoms with Gasteiger partial charge in [-0.25, -0.2) is 0 Å². The maximum Gasteiger partial charge on any atom is 0.305 e. The third-order valence-corrected chi connectivity index (χ3v) is 4.45. The highest BCUT2D eigenvalue weighted by Gasteiger charge is 2.41. The summed E-state index contributed by atoms with van der Waals surface area (Å²) in [4.78, 5) is 22.9. The number of carbonyl (C=O) groups excluding carboxylic acids is 1. The first kappa shape index (κ1) is 19.0. The predicted molar refractivity (Wildman–Crippen MR) is 98.0 cm³/mol. The summed E-state index contributed by atoms with van der Waals surface area (Å²) in [5, 5.41) is 11.5. The van der Waals surface area contributed by atoms with Crippen LogP contribution in [-0.2, 0) is 24.8 Å². The Hall–Kier alpha value is -2.77. The Bertz CT molecular complexity index is 829. The standard InChI is InChI=1S/C20H21NO6/c1-2-25-19(22)11-12-20(26-13-14-27-20)17-9-5-3-7-15(17)16-8-4-6-10-18(16)21(23)24/h3-10H,2,11-14H2,1H3. The minimum atomic E-state index is -1.13. The summed E-state index contributed by atoms with van der Waals surface area (Å²) in [5.74, 6) is -1.47. The number of nitro benzene ring substituents is 1. The normalized spacial score (nSPS) is 15.4. The molecule has 142 valence electrons. The molecule has 0 saturated carbocycles. The van der Waals surface area contributed by atoms with Gasteiger partial charge in [0.15, 0.2) is 5.79 Å². The monoisotopic (exact) mass is 371 g/mol. The van der Waals surface area contributed by atoms with E-state index >= 15 is 0 Å². The van der Waals surface area contributed by atoms with Crippen molar-refractivity contribution >= 4 is 11.7 Å². The summed E-state index contributed by atoms with van der Waals surface area (Å²) in [7, 11) is 0. The maximum absolute atomic E-state index is 11.8. The van der Waals surface area contributed by atoms with E-state index in [0.29, 0.717) is 36.5 Å². The van der Waals surface area contributed by atoms with Crippen LogP contribution in [0.2, 0.25) is 0 Å². The molecule has 0 unspecified atom stereocenters. The largest absolute Gasteiger partial charge is 0.466 e. The Labute approximate surface area is 157 Å². The van der Waals surface area contributed by atoms with Crippen LogP contribution in [0.25, 0.3) is 11.1 Å². The van der Waals surface area contributed by atoms with Crippen LogP contribution in [0.15, 0.2) is 48.5 Å². The van der Waals surface area contributed by atoms with Crippen LogP contribution in [0.4, 0.5) is 5.69 Å². The summed E-state index contributed by atoms with van der Waals surface area (Å²) in [6.07, 6.45) is 0.391. The van der Waals surface area contributed by atoms with Gasteiger partial charge in [-0.2, -0.15) is 0 Å². The van der Waals surface area contributed by atoms with E-state index in [1.54, 1.807) is 31.2 Å². The van der Waals surface area contributed by atoms with Crippen LogP contribution >= 0.6 is 0 Å². The molecule has 7 nitrogen and oxygen atoms in total. The molecule has 0 radical (unpaired) electrons. The van der Waals surface area contributed by atoms with Gasteiger partial charge >= 0.3 is 5.97 Å². The van der Waals surface area contributed by atoms with Gasteiger partial charge < -0.3 is 14.2 Å². The molecule has 1 aliphatic heterocycles. The molecule has 0 aromatic heterocycles. The van der Waals surface area contributed by atoms with Gasteiger partial charge in [-0.15, -0.1) is 0 Å². The lowest BCUT2D eigenvalue weighted by Crippen LogP contribution is -2.29. The highest BCUT2D eigenvalue weighted by molar-refractivity contribution is 5.77. The second-order valence-corrected chi connectivity index (χ2v) is 6.07. The molecule has 3 rings (SSSR count). The number of hydrogen-bond acceptors (Lipinski definition) is 6. The van der Waals surface area contributed by atoms with Crippen molar-refractivity contribution in [3.8, 4) is 11.1 Å². The molecular formula is C20H21NO6. The number of benzene rings is 2. The van der Waals surface area contributed by atoms with Gasteiger partial charge in [-0.3, -0.25) is 14.9 Å².